The SMILES string of the molecule is C=CC(=O)OCCOCCOc1ccc(C2(c3ccc(OCCOCCOC(=O)C4CC5(O)c6ccccc6C4(O)c4ccc(C(C)(C)C)cc45)cc3)c3ccccc3-c3ccccc32)cc1. The minimum Gasteiger partial charge on any atom is -0.491 e. The molecule has 10 nitrogen and oxygen atoms in total. The molecule has 2 bridgehead atoms. The Kier molecular flexibility index (Phi) is 12.7. The van der Waals surface area contributed by atoms with Crippen LogP contribution < -0.4 is 9.47 Å². The normalized spacial score (nSPS) is 19.3. The van der Waals surface area contributed by atoms with Crippen LogP contribution in [-0.4, -0.2) is 75.0 Å². The quantitative estimate of drug-likeness (QED) is 0.0490. The topological polar surface area (TPSA) is 130 Å². The fraction of sp³-hybridized carbons (Fsp3) is 0.298. The van der Waals surface area contributed by atoms with Gasteiger partial charge in [-0.1, -0.05) is 143 Å². The van der Waals surface area contributed by atoms with E-state index in [1.807, 2.05) is 60.7 Å². The maximum absolute atomic E-state index is 13.7. The Hall–Kier alpha value is -6.56. The second kappa shape index (κ2) is 18.6. The van der Waals surface area contributed by atoms with Gasteiger partial charge < -0.3 is 38.6 Å². The molecule has 3 atom stereocenters. The summed E-state index contributed by atoms with van der Waals surface area (Å²) in [6.45, 7) is 11.5. The molecule has 0 aromatic heterocycles. The van der Waals surface area contributed by atoms with E-state index in [2.05, 4.69) is 100 Å². The van der Waals surface area contributed by atoms with Gasteiger partial charge in [-0.05, 0) is 90.9 Å². The van der Waals surface area contributed by atoms with Crippen LogP contribution in [0, 0.1) is 5.92 Å². The van der Waals surface area contributed by atoms with Gasteiger partial charge in [-0.15, -0.1) is 0 Å². The first-order chi connectivity index (χ1) is 32.4. The van der Waals surface area contributed by atoms with Gasteiger partial charge in [-0.2, -0.15) is 0 Å². The van der Waals surface area contributed by atoms with E-state index in [-0.39, 0.29) is 51.5 Å². The van der Waals surface area contributed by atoms with Crippen molar-refractivity contribution in [2.75, 3.05) is 52.9 Å². The Labute approximate surface area is 391 Å². The van der Waals surface area contributed by atoms with Gasteiger partial charge in [0, 0.05) is 12.5 Å². The predicted octanol–water partition coefficient (Wildman–Crippen LogP) is 8.92. The number of hydrogen-bond acceptors (Lipinski definition) is 10. The minimum atomic E-state index is -1.65. The lowest BCUT2D eigenvalue weighted by Gasteiger charge is -2.54. The third kappa shape index (κ3) is 8.22. The van der Waals surface area contributed by atoms with E-state index >= 15 is 0 Å². The largest absolute Gasteiger partial charge is 0.491 e. The first kappa shape index (κ1) is 45.6. The van der Waals surface area contributed by atoms with Gasteiger partial charge >= 0.3 is 11.9 Å². The van der Waals surface area contributed by atoms with Gasteiger partial charge in [0.25, 0.3) is 0 Å². The van der Waals surface area contributed by atoms with E-state index in [1.165, 1.54) is 22.3 Å². The van der Waals surface area contributed by atoms with Crippen molar-refractivity contribution in [2.45, 2.75) is 49.2 Å². The molecular weight excluding hydrogens is 845 g/mol. The van der Waals surface area contributed by atoms with E-state index in [0.717, 1.165) is 22.8 Å². The second-order valence-electron chi connectivity index (χ2n) is 18.3. The van der Waals surface area contributed by atoms with Crippen molar-refractivity contribution in [1.29, 1.82) is 0 Å². The molecule has 6 aromatic rings. The standard InChI is InChI=1S/C57H56O10/c1-5-52(58)66-34-30-62-28-32-64-41-23-18-38(19-24-41)56(45-14-8-6-12-43(45)44-13-7-9-15-46(44)56)39-20-25-42(26-21-39)65-33-29-63-31-35-67-53(59)51-37-55(60)47-16-10-11-17-48(47)57(51,61)49-27-22-40(36-50(49)55)54(2,3)4/h5-27,36,51,60-61H,1,28-35,37H2,2-4H3. The monoisotopic (exact) mass is 900 g/mol. The van der Waals surface area contributed by atoms with E-state index < -0.39 is 34.5 Å². The molecule has 0 fully saturated rings. The van der Waals surface area contributed by atoms with Crippen molar-refractivity contribution in [3.63, 3.8) is 0 Å². The van der Waals surface area contributed by atoms with E-state index in [0.29, 0.717) is 47.0 Å². The smallest absolute Gasteiger partial charge is 0.330 e. The number of hydrogen-bond donors (Lipinski definition) is 2. The van der Waals surface area contributed by atoms with Crippen molar-refractivity contribution in [1.82, 2.24) is 0 Å². The van der Waals surface area contributed by atoms with E-state index in [4.69, 9.17) is 28.4 Å². The fourth-order valence-corrected chi connectivity index (χ4v) is 10.3. The molecule has 0 saturated carbocycles. The van der Waals surface area contributed by atoms with Crippen molar-refractivity contribution in [2.24, 2.45) is 5.92 Å². The zero-order valence-corrected chi connectivity index (χ0v) is 38.2. The van der Waals surface area contributed by atoms with Crippen LogP contribution in [-0.2, 0) is 50.6 Å². The van der Waals surface area contributed by atoms with Gasteiger partial charge in [0.05, 0.1) is 37.8 Å². The van der Waals surface area contributed by atoms with Crippen LogP contribution in [0.25, 0.3) is 11.1 Å². The van der Waals surface area contributed by atoms with Gasteiger partial charge in [-0.3, -0.25) is 4.79 Å². The molecule has 0 saturated heterocycles. The molecule has 6 aromatic carbocycles. The Morgan fingerprint density at radius 2 is 1.06 bits per heavy atom. The number of carbonyl (C=O) groups is 2. The molecule has 2 N–H and O–H groups in total. The van der Waals surface area contributed by atoms with Gasteiger partial charge in [0.15, 0.2) is 0 Å². The van der Waals surface area contributed by atoms with Crippen LogP contribution in [0.1, 0.15) is 77.3 Å². The summed E-state index contributed by atoms with van der Waals surface area (Å²) >= 11 is 0. The van der Waals surface area contributed by atoms with E-state index in [9.17, 15) is 19.8 Å². The molecule has 0 spiro atoms. The Balaban J connectivity index is 0.820. The first-order valence-corrected chi connectivity index (χ1v) is 22.9. The van der Waals surface area contributed by atoms with Crippen molar-refractivity contribution in [3.8, 4) is 22.6 Å². The molecule has 10 rings (SSSR count). The van der Waals surface area contributed by atoms with Crippen LogP contribution in [0.4, 0.5) is 0 Å². The molecule has 0 heterocycles. The lowest BCUT2D eigenvalue weighted by molar-refractivity contribution is -0.168. The summed E-state index contributed by atoms with van der Waals surface area (Å²) in [6, 6.07) is 46.6. The number of aliphatic hydroxyl groups is 2. The number of benzene rings is 6. The predicted molar refractivity (Wildman–Crippen MR) is 254 cm³/mol. The van der Waals surface area contributed by atoms with Crippen molar-refractivity contribution >= 4 is 11.9 Å². The molecule has 0 amide bonds. The summed E-state index contributed by atoms with van der Waals surface area (Å²) in [7, 11) is 0. The average Bonchev–Trinajstić information content (AvgIpc) is 3.65. The highest BCUT2D eigenvalue weighted by Crippen LogP contribution is 2.60. The Bertz CT molecular complexity index is 2730. The summed E-state index contributed by atoms with van der Waals surface area (Å²) in [6.07, 6.45) is 1.13. The number of esters is 2. The number of fused-ring (bicyclic) bond motifs is 4. The molecule has 4 aliphatic carbocycles. The molecular formula is C57H56O10. The molecule has 3 unspecified atom stereocenters. The number of carbonyl (C=O) groups excluding carboxylic acids is 2. The maximum atomic E-state index is 13.7. The maximum Gasteiger partial charge on any atom is 0.330 e. The summed E-state index contributed by atoms with van der Waals surface area (Å²) < 4.78 is 34.2. The molecule has 67 heavy (non-hydrogen) atoms. The highest BCUT2D eigenvalue weighted by molar-refractivity contribution is 5.86. The zero-order chi connectivity index (χ0) is 46.8. The highest BCUT2D eigenvalue weighted by atomic mass is 16.6. The minimum absolute atomic E-state index is 0.00623. The molecule has 4 aliphatic rings. The summed E-state index contributed by atoms with van der Waals surface area (Å²) in [5.41, 5.74) is 6.37. The summed E-state index contributed by atoms with van der Waals surface area (Å²) in [4.78, 5) is 25.0. The summed E-state index contributed by atoms with van der Waals surface area (Å²) in [5.74, 6) is -0.665. The third-order valence-electron chi connectivity index (χ3n) is 13.4. The molecule has 344 valence electrons. The van der Waals surface area contributed by atoms with Gasteiger partial charge in [0.2, 0.25) is 0 Å². The fourth-order valence-electron chi connectivity index (χ4n) is 10.3. The molecule has 10 heteroatoms. The van der Waals surface area contributed by atoms with E-state index in [1.54, 1.807) is 6.07 Å². The van der Waals surface area contributed by atoms with Gasteiger partial charge in [-0.25, -0.2) is 4.79 Å². The molecule has 0 aliphatic heterocycles. The zero-order valence-electron chi connectivity index (χ0n) is 38.2. The van der Waals surface area contributed by atoms with Gasteiger partial charge in [0.1, 0.15) is 49.1 Å². The van der Waals surface area contributed by atoms with Crippen molar-refractivity contribution < 1.29 is 48.2 Å². The van der Waals surface area contributed by atoms with Crippen LogP contribution in [0.5, 0.6) is 11.5 Å². The first-order valence-electron chi connectivity index (χ1n) is 22.9. The van der Waals surface area contributed by atoms with Crippen LogP contribution in [0.2, 0.25) is 0 Å². The van der Waals surface area contributed by atoms with Crippen molar-refractivity contribution in [3.05, 3.63) is 202 Å². The lowest BCUT2D eigenvalue weighted by atomic mass is 9.54. The molecule has 0 radical (unpaired) electrons. The highest BCUT2D eigenvalue weighted by Gasteiger charge is 2.62. The van der Waals surface area contributed by atoms with Crippen LogP contribution in [0.3, 0.4) is 0 Å². The number of ether oxygens (including phenoxy) is 6. The third-order valence-corrected chi connectivity index (χ3v) is 13.4. The Morgan fingerprint density at radius 3 is 1.60 bits per heavy atom. The second-order valence-corrected chi connectivity index (χ2v) is 18.3. The summed E-state index contributed by atoms with van der Waals surface area (Å²) in [5, 5.41) is 24.8. The lowest BCUT2D eigenvalue weighted by Crippen LogP contribution is -2.57. The number of rotatable bonds is 18. The average molecular weight is 901 g/mol. The van der Waals surface area contributed by atoms with Crippen LogP contribution in [0.15, 0.2) is 152 Å². The van der Waals surface area contributed by atoms with Crippen LogP contribution >= 0.6 is 0 Å². The Morgan fingerprint density at radius 1 is 0.582 bits per heavy atom.